The van der Waals surface area contributed by atoms with E-state index in [2.05, 4.69) is 147 Å². The van der Waals surface area contributed by atoms with Gasteiger partial charge in [-0.2, -0.15) is 0 Å². The summed E-state index contributed by atoms with van der Waals surface area (Å²) < 4.78 is 8.44. The van der Waals surface area contributed by atoms with E-state index in [1.807, 2.05) is 0 Å². The molecule has 33 heavy (non-hydrogen) atoms. The topological polar surface area (TPSA) is 9.23 Å². The van der Waals surface area contributed by atoms with Gasteiger partial charge in [0.15, 0.2) is 0 Å². The molecule has 0 aromatic heterocycles. The molecule has 0 saturated carbocycles. The first-order valence-electron chi connectivity index (χ1n) is 12.3. The third-order valence-electron chi connectivity index (χ3n) is 5.87. The van der Waals surface area contributed by atoms with Crippen molar-refractivity contribution in [3.8, 4) is 0 Å². The quantitative estimate of drug-likeness (QED) is 0.102. The summed E-state index contributed by atoms with van der Waals surface area (Å²) in [7, 11) is -2.50. The molecule has 0 aliphatic rings. The molecule has 0 amide bonds. The molecule has 0 heterocycles. The average Bonchev–Trinajstić information content (AvgIpc) is 2.81. The van der Waals surface area contributed by atoms with Crippen molar-refractivity contribution in [2.24, 2.45) is 0 Å². The van der Waals surface area contributed by atoms with Crippen molar-refractivity contribution in [3.63, 3.8) is 0 Å². The molecule has 1 unspecified atom stereocenters. The van der Waals surface area contributed by atoms with Crippen LogP contribution >= 0.6 is 22.6 Å². The van der Waals surface area contributed by atoms with Crippen molar-refractivity contribution in [2.75, 3.05) is 4.43 Å². The molecular formula is C30H41IOSi. The van der Waals surface area contributed by atoms with Crippen LogP contribution in [0.4, 0.5) is 0 Å². The van der Waals surface area contributed by atoms with Gasteiger partial charge in [-0.25, -0.2) is 0 Å². The van der Waals surface area contributed by atoms with Crippen molar-refractivity contribution in [2.45, 2.75) is 70.9 Å². The van der Waals surface area contributed by atoms with E-state index >= 15 is 0 Å². The zero-order valence-electron chi connectivity index (χ0n) is 20.8. The van der Waals surface area contributed by atoms with E-state index in [-0.39, 0.29) is 11.1 Å². The number of rotatable bonds is 13. The van der Waals surface area contributed by atoms with Crippen LogP contribution in [0.5, 0.6) is 0 Å². The van der Waals surface area contributed by atoms with Gasteiger partial charge in [0.05, 0.1) is 0 Å². The van der Waals surface area contributed by atoms with Crippen LogP contribution in [0.3, 0.4) is 0 Å². The molecule has 0 bridgehead atoms. The van der Waals surface area contributed by atoms with Gasteiger partial charge < -0.3 is 4.43 Å². The highest BCUT2D eigenvalue weighted by Gasteiger charge is 2.51. The van der Waals surface area contributed by atoms with Gasteiger partial charge in [0.25, 0.3) is 8.32 Å². The number of halogens is 1. The van der Waals surface area contributed by atoms with Crippen molar-refractivity contribution >= 4 is 41.3 Å². The zero-order valence-corrected chi connectivity index (χ0v) is 24.0. The Morgan fingerprint density at radius 2 is 1.27 bits per heavy atom. The van der Waals surface area contributed by atoms with E-state index in [4.69, 9.17) is 4.43 Å². The van der Waals surface area contributed by atoms with Crippen LogP contribution in [0.1, 0.15) is 59.8 Å². The Kier molecular flexibility index (Phi) is 12.4. The summed E-state index contributed by atoms with van der Waals surface area (Å²) in [6.07, 6.45) is 18.9. The van der Waals surface area contributed by atoms with Crippen LogP contribution in [-0.4, -0.2) is 18.8 Å². The van der Waals surface area contributed by atoms with Gasteiger partial charge in [-0.15, -0.1) is 0 Å². The molecule has 178 valence electrons. The van der Waals surface area contributed by atoms with Gasteiger partial charge in [-0.3, -0.25) is 0 Å². The molecule has 1 nitrogen and oxygen atoms in total. The van der Waals surface area contributed by atoms with E-state index in [1.54, 1.807) is 0 Å². The maximum atomic E-state index is 7.34. The summed E-state index contributed by atoms with van der Waals surface area (Å²) in [6, 6.07) is 21.9. The highest BCUT2D eigenvalue weighted by atomic mass is 127. The molecule has 2 aromatic rings. The SMILES string of the molecule is CC/C=C\C/C=C\C/C=C\CC(CCI)O[Si](c1ccccc1)(c1ccccc1)C(C)(C)C. The number of hydrogen-bond donors (Lipinski definition) is 0. The predicted molar refractivity (Wildman–Crippen MR) is 158 cm³/mol. The predicted octanol–water partition coefficient (Wildman–Crippen LogP) is 8.01. The normalized spacial score (nSPS) is 14.0. The molecule has 2 rings (SSSR count). The Labute approximate surface area is 217 Å². The maximum Gasteiger partial charge on any atom is 0.261 e. The third-order valence-corrected chi connectivity index (χ3v) is 11.6. The second kappa shape index (κ2) is 14.7. The second-order valence-corrected chi connectivity index (χ2v) is 14.7. The number of allylic oxidation sites excluding steroid dienone is 5. The zero-order chi connectivity index (χ0) is 24.0. The lowest BCUT2D eigenvalue weighted by Gasteiger charge is -2.45. The third kappa shape index (κ3) is 8.38. The van der Waals surface area contributed by atoms with Crippen LogP contribution in [0.15, 0.2) is 97.1 Å². The molecule has 0 aliphatic heterocycles. The monoisotopic (exact) mass is 572 g/mol. The number of alkyl halides is 1. The lowest BCUT2D eigenvalue weighted by atomic mass is 10.2. The highest BCUT2D eigenvalue weighted by Crippen LogP contribution is 2.38. The molecule has 0 spiro atoms. The smallest absolute Gasteiger partial charge is 0.261 e. The maximum absolute atomic E-state index is 7.34. The van der Waals surface area contributed by atoms with E-state index in [9.17, 15) is 0 Å². The lowest BCUT2D eigenvalue weighted by Crippen LogP contribution is -2.67. The van der Waals surface area contributed by atoms with Gasteiger partial charge in [-0.1, -0.05) is 147 Å². The minimum absolute atomic E-state index is 0.0116. The largest absolute Gasteiger partial charge is 0.404 e. The van der Waals surface area contributed by atoms with E-state index in [0.717, 1.165) is 36.5 Å². The highest BCUT2D eigenvalue weighted by molar-refractivity contribution is 14.1. The van der Waals surface area contributed by atoms with Crippen LogP contribution < -0.4 is 10.4 Å². The second-order valence-electron chi connectivity index (χ2n) is 9.41. The molecule has 3 heteroatoms. The first-order valence-corrected chi connectivity index (χ1v) is 15.7. The Bertz CT molecular complexity index is 826. The summed E-state index contributed by atoms with van der Waals surface area (Å²) in [5.41, 5.74) is 0. The number of benzene rings is 2. The molecule has 0 fully saturated rings. The van der Waals surface area contributed by atoms with Gasteiger partial charge in [0, 0.05) is 10.5 Å². The molecule has 0 radical (unpaired) electrons. The van der Waals surface area contributed by atoms with Crippen molar-refractivity contribution in [1.82, 2.24) is 0 Å². The Balaban J connectivity index is 2.27. The molecule has 1 atom stereocenters. The van der Waals surface area contributed by atoms with Crippen molar-refractivity contribution in [3.05, 3.63) is 97.1 Å². The van der Waals surface area contributed by atoms with E-state index in [0.29, 0.717) is 0 Å². The van der Waals surface area contributed by atoms with E-state index < -0.39 is 8.32 Å². The van der Waals surface area contributed by atoms with Gasteiger partial charge in [-0.05, 0) is 47.5 Å². The number of hydrogen-bond acceptors (Lipinski definition) is 1. The fourth-order valence-electron chi connectivity index (χ4n) is 4.24. The Hall–Kier alpha value is -1.43. The summed E-state index contributed by atoms with van der Waals surface area (Å²) in [5.74, 6) is 0. The lowest BCUT2D eigenvalue weighted by molar-refractivity contribution is 0.188. The summed E-state index contributed by atoms with van der Waals surface area (Å²) >= 11 is 2.49. The van der Waals surface area contributed by atoms with Crippen molar-refractivity contribution in [1.29, 1.82) is 0 Å². The van der Waals surface area contributed by atoms with Gasteiger partial charge in [0.1, 0.15) is 0 Å². The summed E-state index contributed by atoms with van der Waals surface area (Å²) in [4.78, 5) is 0. The molecule has 2 aromatic carbocycles. The fourth-order valence-corrected chi connectivity index (χ4v) is 9.67. The minimum Gasteiger partial charge on any atom is -0.404 e. The van der Waals surface area contributed by atoms with Crippen LogP contribution in [0.25, 0.3) is 0 Å². The first-order chi connectivity index (χ1) is 16.0. The average molecular weight is 573 g/mol. The molecule has 0 saturated heterocycles. The molecule has 0 N–H and O–H groups in total. The fraction of sp³-hybridized carbons (Fsp3) is 0.400. The van der Waals surface area contributed by atoms with Crippen LogP contribution in [0.2, 0.25) is 5.04 Å². The molecule has 0 aliphatic carbocycles. The minimum atomic E-state index is -2.50. The Morgan fingerprint density at radius 3 is 1.73 bits per heavy atom. The van der Waals surface area contributed by atoms with E-state index in [1.165, 1.54) is 10.4 Å². The van der Waals surface area contributed by atoms with Crippen LogP contribution in [0, 0.1) is 0 Å². The van der Waals surface area contributed by atoms with Gasteiger partial charge in [0.2, 0.25) is 0 Å². The molecular weight excluding hydrogens is 531 g/mol. The summed E-state index contributed by atoms with van der Waals surface area (Å²) in [6.45, 7) is 9.24. The standard InChI is InChI=1S/C30H41IOSi/c1-5-6-7-8-9-10-11-12-15-20-27(25-26-31)32-33(30(2,3)4,28-21-16-13-17-22-28)29-23-18-14-19-24-29/h6-7,9-10,12-19,21-24,27H,5,8,11,20,25-26H2,1-4H3/b7-6-,10-9-,15-12-. The van der Waals surface area contributed by atoms with Gasteiger partial charge >= 0.3 is 0 Å². The van der Waals surface area contributed by atoms with Crippen LogP contribution in [-0.2, 0) is 4.43 Å². The summed E-state index contributed by atoms with van der Waals surface area (Å²) in [5, 5.41) is 2.72. The van der Waals surface area contributed by atoms with Crippen molar-refractivity contribution < 1.29 is 4.43 Å². The first kappa shape index (κ1) is 27.8. The Morgan fingerprint density at radius 1 is 0.788 bits per heavy atom.